The average Bonchev–Trinajstić information content (AvgIpc) is 3.02. The maximum atomic E-state index is 12.2. The van der Waals surface area contributed by atoms with E-state index in [0.717, 1.165) is 17.7 Å². The number of aliphatic carboxylic acids is 1. The average molecular weight is 651 g/mol. The first-order chi connectivity index (χ1) is 21.9. The summed E-state index contributed by atoms with van der Waals surface area (Å²) in [6.45, 7) is 5.06. The van der Waals surface area contributed by atoms with E-state index in [4.69, 9.17) is 33.5 Å². The predicted molar refractivity (Wildman–Crippen MR) is 172 cm³/mol. The van der Waals surface area contributed by atoms with Gasteiger partial charge in [-0.25, -0.2) is 0 Å². The maximum Gasteiger partial charge on any atom is 0.304 e. The van der Waals surface area contributed by atoms with Crippen LogP contribution in [0.5, 0.6) is 0 Å². The third kappa shape index (κ3) is 20.6. The van der Waals surface area contributed by atoms with E-state index >= 15 is 0 Å². The van der Waals surface area contributed by atoms with Crippen molar-refractivity contribution >= 4 is 36.1 Å². The highest BCUT2D eigenvalue weighted by Crippen LogP contribution is 2.15. The van der Waals surface area contributed by atoms with Crippen LogP contribution in [-0.4, -0.2) is 114 Å². The Kier molecular flexibility index (Phi) is 21.3. The number of hydrogen-bond donors (Lipinski definition) is 4. The number of anilines is 1. The summed E-state index contributed by atoms with van der Waals surface area (Å²) in [5.41, 5.74) is 3.14. The van der Waals surface area contributed by atoms with Gasteiger partial charge in [0.25, 0.3) is 0 Å². The number of hydrogen-bond acceptors (Lipinski definition) is 10. The first-order valence-corrected chi connectivity index (χ1v) is 15.5. The molecule has 13 heteroatoms. The van der Waals surface area contributed by atoms with E-state index in [1.807, 2.05) is 42.5 Å². The lowest BCUT2D eigenvalue weighted by Gasteiger charge is -2.10. The quantitative estimate of drug-likeness (QED) is 0.0839. The van der Waals surface area contributed by atoms with Crippen LogP contribution in [0.4, 0.5) is 5.69 Å². The number of nitrogens with one attached hydrogen (secondary N) is 2. The van der Waals surface area contributed by atoms with Gasteiger partial charge in [0.05, 0.1) is 97.4 Å². The van der Waals surface area contributed by atoms with Gasteiger partial charge in [-0.05, 0) is 29.7 Å². The summed E-state index contributed by atoms with van der Waals surface area (Å²) in [6.07, 6.45) is 0.745. The number of carboxylic acids is 1. The van der Waals surface area contributed by atoms with Crippen molar-refractivity contribution in [2.75, 3.05) is 91.1 Å². The minimum absolute atomic E-state index is 0.0938. The van der Waals surface area contributed by atoms with Crippen LogP contribution in [0, 0.1) is 0 Å². The molecular weight excluding hydrogens is 604 g/mol. The molecule has 1 unspecified atom stereocenters. The summed E-state index contributed by atoms with van der Waals surface area (Å²) >= 11 is 3.94. The molecule has 0 fully saturated rings. The summed E-state index contributed by atoms with van der Waals surface area (Å²) in [6, 6.07) is 18.1. The second kappa shape index (κ2) is 25.2. The lowest BCUT2D eigenvalue weighted by molar-refractivity contribution is -0.138. The highest BCUT2D eigenvalue weighted by Gasteiger charge is 2.16. The van der Waals surface area contributed by atoms with Gasteiger partial charge in [0.15, 0.2) is 0 Å². The number of carboxylic acid groups (broad SMARTS) is 1. The van der Waals surface area contributed by atoms with Gasteiger partial charge in [-0.2, -0.15) is 12.6 Å². The fourth-order valence-corrected chi connectivity index (χ4v) is 4.05. The molecule has 0 saturated heterocycles. The highest BCUT2D eigenvalue weighted by molar-refractivity contribution is 7.81. The van der Waals surface area contributed by atoms with E-state index in [-0.39, 0.29) is 31.9 Å². The van der Waals surface area contributed by atoms with Crippen LogP contribution in [0.3, 0.4) is 0 Å². The number of thiol groups is 1. The van der Waals surface area contributed by atoms with Crippen molar-refractivity contribution in [1.82, 2.24) is 5.32 Å². The SMILES string of the molecule is O=C(O)CC(S)C(=O)NCCOCCOCCOCCOCCOCCOCCC(=O)Nc1cccc(Cc2ccccc2)c1. The molecule has 0 aliphatic rings. The van der Waals surface area contributed by atoms with E-state index in [1.165, 1.54) is 5.56 Å². The van der Waals surface area contributed by atoms with Crippen molar-refractivity contribution < 1.29 is 47.9 Å². The number of ether oxygens (including phenoxy) is 6. The molecule has 0 aliphatic carbocycles. The van der Waals surface area contributed by atoms with Gasteiger partial charge in [0.2, 0.25) is 11.8 Å². The number of carbonyl (C=O) groups excluding carboxylic acids is 2. The number of rotatable bonds is 27. The van der Waals surface area contributed by atoms with Crippen molar-refractivity contribution in [3.63, 3.8) is 0 Å². The van der Waals surface area contributed by atoms with Gasteiger partial charge < -0.3 is 44.2 Å². The molecule has 1 atom stereocenters. The third-order valence-corrected chi connectivity index (χ3v) is 6.43. The molecule has 2 aromatic rings. The molecule has 0 heterocycles. The Morgan fingerprint density at radius 2 is 1.18 bits per heavy atom. The standard InChI is InChI=1S/C32H46N2O10S/c35-30(34-28-8-4-7-27(24-28)23-26-5-2-1-3-6-26)9-11-39-13-15-41-17-19-43-21-22-44-20-18-42-16-14-40-12-10-33-32(38)29(45)25-31(36)37/h1-8,24,29,45H,9-23,25H2,(H,33,38)(H,34,35)(H,36,37). The van der Waals surface area contributed by atoms with Gasteiger partial charge in [-0.1, -0.05) is 42.5 Å². The summed E-state index contributed by atoms with van der Waals surface area (Å²) in [5.74, 6) is -1.61. The Balaban J connectivity index is 1.29. The normalized spacial score (nSPS) is 11.7. The second-order valence-corrected chi connectivity index (χ2v) is 10.4. The van der Waals surface area contributed by atoms with Gasteiger partial charge in [0.1, 0.15) is 0 Å². The van der Waals surface area contributed by atoms with Crippen LogP contribution >= 0.6 is 12.6 Å². The third-order valence-electron chi connectivity index (χ3n) is 6.01. The minimum Gasteiger partial charge on any atom is -0.481 e. The minimum atomic E-state index is -1.08. The van der Waals surface area contributed by atoms with Crippen molar-refractivity contribution in [1.29, 1.82) is 0 Å². The Morgan fingerprint density at radius 3 is 1.73 bits per heavy atom. The molecule has 3 N–H and O–H groups in total. The predicted octanol–water partition coefficient (Wildman–Crippen LogP) is 2.59. The molecule has 2 rings (SSSR count). The highest BCUT2D eigenvalue weighted by atomic mass is 32.1. The number of benzene rings is 2. The molecule has 2 aromatic carbocycles. The summed E-state index contributed by atoms with van der Waals surface area (Å²) in [7, 11) is 0. The molecule has 250 valence electrons. The van der Waals surface area contributed by atoms with Gasteiger partial charge >= 0.3 is 5.97 Å². The van der Waals surface area contributed by atoms with Crippen LogP contribution in [0.15, 0.2) is 54.6 Å². The molecular formula is C32H46N2O10S. The Morgan fingerprint density at radius 1 is 0.667 bits per heavy atom. The molecule has 0 saturated carbocycles. The molecule has 0 aromatic heterocycles. The summed E-state index contributed by atoms with van der Waals surface area (Å²) in [5, 5.41) is 13.2. The zero-order valence-corrected chi connectivity index (χ0v) is 26.6. The largest absolute Gasteiger partial charge is 0.481 e. The van der Waals surface area contributed by atoms with E-state index in [1.54, 1.807) is 0 Å². The Hall–Kier alpha value is -3.04. The van der Waals surface area contributed by atoms with Crippen LogP contribution < -0.4 is 10.6 Å². The fourth-order valence-electron chi connectivity index (χ4n) is 3.80. The molecule has 0 spiro atoms. The molecule has 0 radical (unpaired) electrons. The van der Waals surface area contributed by atoms with Gasteiger partial charge in [-0.3, -0.25) is 14.4 Å². The van der Waals surface area contributed by atoms with Gasteiger partial charge in [-0.15, -0.1) is 0 Å². The molecule has 2 amide bonds. The van der Waals surface area contributed by atoms with Crippen molar-refractivity contribution in [2.45, 2.75) is 24.5 Å². The molecule has 0 bridgehead atoms. The zero-order chi connectivity index (χ0) is 32.4. The molecule has 0 aliphatic heterocycles. The Bertz CT molecular complexity index is 1090. The van der Waals surface area contributed by atoms with Crippen molar-refractivity contribution in [3.8, 4) is 0 Å². The number of carbonyl (C=O) groups is 3. The maximum absolute atomic E-state index is 12.2. The van der Waals surface area contributed by atoms with Crippen LogP contribution in [0.1, 0.15) is 24.0 Å². The van der Waals surface area contributed by atoms with Crippen LogP contribution in [-0.2, 0) is 49.2 Å². The topological polar surface area (TPSA) is 151 Å². The fraction of sp³-hybridized carbons (Fsp3) is 0.531. The number of amides is 2. The summed E-state index contributed by atoms with van der Waals surface area (Å²) < 4.78 is 32.6. The van der Waals surface area contributed by atoms with E-state index < -0.39 is 17.1 Å². The molecule has 45 heavy (non-hydrogen) atoms. The smallest absolute Gasteiger partial charge is 0.304 e. The van der Waals surface area contributed by atoms with Crippen LogP contribution in [0.2, 0.25) is 0 Å². The Labute approximate surface area is 270 Å². The first kappa shape index (κ1) is 38.1. The van der Waals surface area contributed by atoms with E-state index in [9.17, 15) is 14.4 Å². The lowest BCUT2D eigenvalue weighted by Crippen LogP contribution is -2.35. The summed E-state index contributed by atoms with van der Waals surface area (Å²) in [4.78, 5) is 34.4. The van der Waals surface area contributed by atoms with Crippen LogP contribution in [0.25, 0.3) is 0 Å². The van der Waals surface area contributed by atoms with Crippen molar-refractivity contribution in [2.24, 2.45) is 0 Å². The second-order valence-electron chi connectivity index (χ2n) is 9.74. The van der Waals surface area contributed by atoms with Crippen molar-refractivity contribution in [3.05, 3.63) is 65.7 Å². The van der Waals surface area contributed by atoms with E-state index in [2.05, 4.69) is 35.4 Å². The zero-order valence-electron chi connectivity index (χ0n) is 25.7. The van der Waals surface area contributed by atoms with E-state index in [0.29, 0.717) is 72.7 Å². The lowest BCUT2D eigenvalue weighted by atomic mass is 10.0. The van der Waals surface area contributed by atoms with Gasteiger partial charge in [0, 0.05) is 12.2 Å². The monoisotopic (exact) mass is 650 g/mol. The molecule has 12 nitrogen and oxygen atoms in total. The first-order valence-electron chi connectivity index (χ1n) is 15.0.